The van der Waals surface area contributed by atoms with Gasteiger partial charge < -0.3 is 11.1 Å². The van der Waals surface area contributed by atoms with Crippen LogP contribution in [0.4, 0.5) is 5.69 Å². The van der Waals surface area contributed by atoms with E-state index in [2.05, 4.69) is 5.32 Å². The summed E-state index contributed by atoms with van der Waals surface area (Å²) in [7, 11) is -2.96. The van der Waals surface area contributed by atoms with Gasteiger partial charge >= 0.3 is 0 Å². The summed E-state index contributed by atoms with van der Waals surface area (Å²) in [4.78, 5) is 11.8. The van der Waals surface area contributed by atoms with Gasteiger partial charge in [-0.3, -0.25) is 4.79 Å². The number of amides is 1. The second-order valence-electron chi connectivity index (χ2n) is 5.34. The van der Waals surface area contributed by atoms with Crippen molar-refractivity contribution in [2.45, 2.75) is 26.3 Å². The number of rotatable bonds is 6. The van der Waals surface area contributed by atoms with Gasteiger partial charge in [0.15, 0.2) is 0 Å². The standard InChI is InChI=1S/C14H22N2O3S.ClH/c1-10(2)13(15)14(17)16-12-6-4-11(5-7-12)8-9-20(3,18)19;/h4-7,10,13H,8-9,15H2,1-3H3,(H,16,17);1H/t13-;/m0./s1. The summed E-state index contributed by atoms with van der Waals surface area (Å²) in [6.45, 7) is 3.77. The third-order valence-electron chi connectivity index (χ3n) is 3.00. The van der Waals surface area contributed by atoms with E-state index in [-0.39, 0.29) is 30.0 Å². The van der Waals surface area contributed by atoms with Crippen molar-refractivity contribution in [3.63, 3.8) is 0 Å². The van der Waals surface area contributed by atoms with Crippen LogP contribution < -0.4 is 11.1 Å². The molecule has 3 N–H and O–H groups in total. The molecule has 1 amide bonds. The molecular formula is C14H23ClN2O3S. The predicted octanol–water partition coefficient (Wildman–Crippen LogP) is 1.62. The largest absolute Gasteiger partial charge is 0.325 e. The van der Waals surface area contributed by atoms with Crippen LogP contribution in [0.25, 0.3) is 0 Å². The van der Waals surface area contributed by atoms with Gasteiger partial charge in [0.1, 0.15) is 9.84 Å². The smallest absolute Gasteiger partial charge is 0.241 e. The minimum atomic E-state index is -2.96. The van der Waals surface area contributed by atoms with Crippen molar-refractivity contribution in [1.82, 2.24) is 0 Å². The van der Waals surface area contributed by atoms with E-state index in [0.29, 0.717) is 12.1 Å². The first-order valence-electron chi connectivity index (χ1n) is 6.52. The summed E-state index contributed by atoms with van der Waals surface area (Å²) in [6.07, 6.45) is 1.69. The topological polar surface area (TPSA) is 89.3 Å². The highest BCUT2D eigenvalue weighted by Crippen LogP contribution is 2.12. The number of nitrogens with one attached hydrogen (secondary N) is 1. The van der Waals surface area contributed by atoms with E-state index in [1.54, 1.807) is 12.1 Å². The van der Waals surface area contributed by atoms with Crippen molar-refractivity contribution in [1.29, 1.82) is 0 Å². The van der Waals surface area contributed by atoms with Gasteiger partial charge in [-0.2, -0.15) is 0 Å². The molecule has 0 fully saturated rings. The second kappa shape index (κ2) is 8.36. The van der Waals surface area contributed by atoms with Crippen LogP contribution in [0, 0.1) is 5.92 Å². The number of hydrogen-bond donors (Lipinski definition) is 2. The lowest BCUT2D eigenvalue weighted by atomic mass is 10.0. The lowest BCUT2D eigenvalue weighted by Gasteiger charge is -2.15. The Morgan fingerprint density at radius 3 is 2.19 bits per heavy atom. The monoisotopic (exact) mass is 334 g/mol. The molecule has 1 aromatic carbocycles. The number of aryl methyl sites for hydroxylation is 1. The van der Waals surface area contributed by atoms with Crippen molar-refractivity contribution in [2.24, 2.45) is 11.7 Å². The summed E-state index contributed by atoms with van der Waals surface area (Å²) in [5, 5.41) is 2.74. The van der Waals surface area contributed by atoms with Crippen LogP contribution in [-0.4, -0.2) is 32.4 Å². The Kier molecular flexibility index (Phi) is 7.92. The zero-order valence-electron chi connectivity index (χ0n) is 12.5. The van der Waals surface area contributed by atoms with Crippen molar-refractivity contribution in [3.8, 4) is 0 Å². The molecule has 1 atom stereocenters. The molecule has 0 bridgehead atoms. The van der Waals surface area contributed by atoms with Crippen LogP contribution >= 0.6 is 12.4 Å². The van der Waals surface area contributed by atoms with Crippen LogP contribution in [-0.2, 0) is 21.1 Å². The summed E-state index contributed by atoms with van der Waals surface area (Å²) in [5.74, 6) is -0.0235. The van der Waals surface area contributed by atoms with E-state index < -0.39 is 15.9 Å². The summed E-state index contributed by atoms with van der Waals surface area (Å²) in [6, 6.07) is 6.58. The maximum absolute atomic E-state index is 11.8. The van der Waals surface area contributed by atoms with Gasteiger partial charge in [-0.15, -0.1) is 12.4 Å². The molecule has 1 rings (SSSR count). The van der Waals surface area contributed by atoms with Crippen molar-refractivity contribution < 1.29 is 13.2 Å². The average molecular weight is 335 g/mol. The molecule has 0 aliphatic rings. The molecular weight excluding hydrogens is 312 g/mol. The zero-order chi connectivity index (χ0) is 15.3. The van der Waals surface area contributed by atoms with Crippen LogP contribution in [0.2, 0.25) is 0 Å². The third kappa shape index (κ3) is 7.45. The number of halogens is 1. The number of carbonyl (C=O) groups is 1. The highest BCUT2D eigenvalue weighted by Gasteiger charge is 2.16. The van der Waals surface area contributed by atoms with E-state index in [4.69, 9.17) is 5.73 Å². The highest BCUT2D eigenvalue weighted by atomic mass is 35.5. The van der Waals surface area contributed by atoms with Gasteiger partial charge in [-0.1, -0.05) is 26.0 Å². The molecule has 0 saturated heterocycles. The van der Waals surface area contributed by atoms with E-state index in [0.717, 1.165) is 5.56 Å². The van der Waals surface area contributed by atoms with Gasteiger partial charge in [-0.25, -0.2) is 8.42 Å². The molecule has 0 heterocycles. The van der Waals surface area contributed by atoms with Crippen LogP contribution in [0.3, 0.4) is 0 Å². The number of anilines is 1. The fourth-order valence-electron chi connectivity index (χ4n) is 1.59. The Morgan fingerprint density at radius 2 is 1.76 bits per heavy atom. The van der Waals surface area contributed by atoms with Gasteiger partial charge in [-0.05, 0) is 30.0 Å². The Bertz CT molecular complexity index is 556. The van der Waals surface area contributed by atoms with Gasteiger partial charge in [0.2, 0.25) is 5.91 Å². The molecule has 0 aliphatic carbocycles. The minimum absolute atomic E-state index is 0. The van der Waals surface area contributed by atoms with Gasteiger partial charge in [0.25, 0.3) is 0 Å². The molecule has 0 radical (unpaired) electrons. The van der Waals surface area contributed by atoms with E-state index in [1.807, 2.05) is 26.0 Å². The average Bonchev–Trinajstić information content (AvgIpc) is 2.36. The Hall–Kier alpha value is -1.11. The van der Waals surface area contributed by atoms with Crippen molar-refractivity contribution >= 4 is 33.8 Å². The Morgan fingerprint density at radius 1 is 1.24 bits per heavy atom. The van der Waals surface area contributed by atoms with Crippen LogP contribution in [0.5, 0.6) is 0 Å². The van der Waals surface area contributed by atoms with E-state index >= 15 is 0 Å². The lowest BCUT2D eigenvalue weighted by molar-refractivity contribution is -0.118. The SMILES string of the molecule is CC(C)[C@H](N)C(=O)Nc1ccc(CCS(C)(=O)=O)cc1.Cl. The second-order valence-corrected chi connectivity index (χ2v) is 7.60. The fourth-order valence-corrected chi connectivity index (χ4v) is 2.19. The molecule has 5 nitrogen and oxygen atoms in total. The van der Waals surface area contributed by atoms with Crippen LogP contribution in [0.1, 0.15) is 19.4 Å². The minimum Gasteiger partial charge on any atom is -0.325 e. The van der Waals surface area contributed by atoms with Crippen molar-refractivity contribution in [2.75, 3.05) is 17.3 Å². The number of nitrogens with two attached hydrogens (primary N) is 1. The molecule has 1 aromatic rings. The first-order valence-corrected chi connectivity index (χ1v) is 8.58. The van der Waals surface area contributed by atoms with E-state index in [1.165, 1.54) is 6.26 Å². The van der Waals surface area contributed by atoms with Gasteiger partial charge in [0.05, 0.1) is 11.8 Å². The maximum Gasteiger partial charge on any atom is 0.241 e. The summed E-state index contributed by atoms with van der Waals surface area (Å²) < 4.78 is 22.2. The van der Waals surface area contributed by atoms with Crippen molar-refractivity contribution in [3.05, 3.63) is 29.8 Å². The maximum atomic E-state index is 11.8. The molecule has 0 unspecified atom stereocenters. The summed E-state index contributed by atoms with van der Waals surface area (Å²) >= 11 is 0. The number of carbonyl (C=O) groups excluding carboxylic acids is 1. The zero-order valence-corrected chi connectivity index (χ0v) is 14.1. The van der Waals surface area contributed by atoms with E-state index in [9.17, 15) is 13.2 Å². The fraction of sp³-hybridized carbons (Fsp3) is 0.500. The number of benzene rings is 1. The molecule has 120 valence electrons. The molecule has 0 aromatic heterocycles. The summed E-state index contributed by atoms with van der Waals surface area (Å²) in [5.41, 5.74) is 7.33. The molecule has 0 spiro atoms. The Balaban J connectivity index is 0.00000400. The lowest BCUT2D eigenvalue weighted by Crippen LogP contribution is -2.39. The molecule has 0 aliphatic heterocycles. The molecule has 0 saturated carbocycles. The third-order valence-corrected chi connectivity index (χ3v) is 3.95. The normalized spacial score (nSPS) is 12.6. The Labute approximate surface area is 132 Å². The number of sulfone groups is 1. The first kappa shape index (κ1) is 19.9. The molecule has 7 heteroatoms. The molecule has 21 heavy (non-hydrogen) atoms. The quantitative estimate of drug-likeness (QED) is 0.827. The predicted molar refractivity (Wildman–Crippen MR) is 88.5 cm³/mol. The number of hydrogen-bond acceptors (Lipinski definition) is 4. The highest BCUT2D eigenvalue weighted by molar-refractivity contribution is 7.90. The van der Waals surface area contributed by atoms with Crippen LogP contribution in [0.15, 0.2) is 24.3 Å². The van der Waals surface area contributed by atoms with Gasteiger partial charge in [0, 0.05) is 11.9 Å². The first-order chi connectivity index (χ1) is 9.19.